The van der Waals surface area contributed by atoms with E-state index in [1.165, 1.54) is 11.3 Å². The second-order valence-electron chi connectivity index (χ2n) is 4.03. The average Bonchev–Trinajstić information content (AvgIpc) is 2.73. The van der Waals surface area contributed by atoms with Crippen molar-refractivity contribution >= 4 is 17.0 Å². The summed E-state index contributed by atoms with van der Waals surface area (Å²) in [6.07, 6.45) is 0.0527. The Bertz CT molecular complexity index is 345. The number of piperidine rings is 1. The third-order valence-electron chi connectivity index (χ3n) is 2.85. The lowest BCUT2D eigenvalue weighted by Crippen LogP contribution is -2.62. The fourth-order valence-electron chi connectivity index (χ4n) is 1.72. The van der Waals surface area contributed by atoms with Gasteiger partial charge in [0, 0.05) is 17.6 Å². The summed E-state index contributed by atoms with van der Waals surface area (Å²) >= 11 is 1.48. The van der Waals surface area contributed by atoms with Crippen LogP contribution >= 0.6 is 11.3 Å². The van der Waals surface area contributed by atoms with Crippen LogP contribution in [0.25, 0.3) is 0 Å². The van der Waals surface area contributed by atoms with Crippen molar-refractivity contribution in [1.29, 1.82) is 0 Å². The van der Waals surface area contributed by atoms with Crippen molar-refractivity contribution in [2.75, 3.05) is 25.0 Å². The van der Waals surface area contributed by atoms with E-state index in [9.17, 15) is 13.9 Å². The molecule has 0 radical (unpaired) electrons. The summed E-state index contributed by atoms with van der Waals surface area (Å²) in [7, 11) is 0. The van der Waals surface area contributed by atoms with Gasteiger partial charge in [0.05, 0.1) is 6.54 Å². The topological polar surface area (TPSA) is 44.3 Å². The highest BCUT2D eigenvalue weighted by molar-refractivity contribution is 7.08. The van der Waals surface area contributed by atoms with Crippen molar-refractivity contribution < 1.29 is 13.9 Å². The molecule has 3 nitrogen and oxygen atoms in total. The Morgan fingerprint density at radius 1 is 1.56 bits per heavy atom. The molecule has 1 aliphatic heterocycles. The summed E-state index contributed by atoms with van der Waals surface area (Å²) in [5.74, 6) is -3.09. The van der Waals surface area contributed by atoms with E-state index in [2.05, 4.69) is 10.6 Å². The monoisotopic (exact) mass is 248 g/mol. The SMILES string of the molecule is OC1(CNc2ccsc2)CCNCC1(F)F. The molecule has 1 saturated heterocycles. The van der Waals surface area contributed by atoms with Crippen LogP contribution in [0.2, 0.25) is 0 Å². The lowest BCUT2D eigenvalue weighted by Gasteiger charge is -2.40. The summed E-state index contributed by atoms with van der Waals surface area (Å²) in [4.78, 5) is 0. The zero-order valence-corrected chi connectivity index (χ0v) is 9.49. The summed E-state index contributed by atoms with van der Waals surface area (Å²) in [6, 6.07) is 1.80. The van der Waals surface area contributed by atoms with E-state index >= 15 is 0 Å². The molecule has 0 spiro atoms. The lowest BCUT2D eigenvalue weighted by atomic mass is 9.88. The first kappa shape index (κ1) is 11.8. The molecule has 0 bridgehead atoms. The second kappa shape index (κ2) is 4.27. The molecule has 1 aromatic heterocycles. The van der Waals surface area contributed by atoms with Crippen LogP contribution in [-0.2, 0) is 0 Å². The third kappa shape index (κ3) is 2.18. The molecule has 1 fully saturated rings. The molecular formula is C10H14F2N2OS. The van der Waals surface area contributed by atoms with Crippen LogP contribution in [0.5, 0.6) is 0 Å². The molecule has 16 heavy (non-hydrogen) atoms. The van der Waals surface area contributed by atoms with Crippen molar-refractivity contribution in [1.82, 2.24) is 5.32 Å². The van der Waals surface area contributed by atoms with E-state index in [1.807, 2.05) is 10.8 Å². The van der Waals surface area contributed by atoms with Crippen LogP contribution in [0.15, 0.2) is 16.8 Å². The van der Waals surface area contributed by atoms with Gasteiger partial charge in [0.25, 0.3) is 5.92 Å². The van der Waals surface area contributed by atoms with Crippen LogP contribution in [0.3, 0.4) is 0 Å². The van der Waals surface area contributed by atoms with E-state index in [1.54, 1.807) is 6.07 Å². The van der Waals surface area contributed by atoms with Gasteiger partial charge in [0.15, 0.2) is 0 Å². The highest BCUT2D eigenvalue weighted by atomic mass is 32.1. The molecule has 1 aliphatic rings. The van der Waals surface area contributed by atoms with E-state index in [-0.39, 0.29) is 13.0 Å². The highest BCUT2D eigenvalue weighted by Crippen LogP contribution is 2.33. The number of halogens is 2. The lowest BCUT2D eigenvalue weighted by molar-refractivity contribution is -0.185. The highest BCUT2D eigenvalue weighted by Gasteiger charge is 2.53. The molecule has 0 saturated carbocycles. The van der Waals surface area contributed by atoms with Gasteiger partial charge in [0.2, 0.25) is 0 Å². The third-order valence-corrected chi connectivity index (χ3v) is 3.53. The Morgan fingerprint density at radius 3 is 3.00 bits per heavy atom. The molecule has 1 aromatic rings. The predicted octanol–water partition coefficient (Wildman–Crippen LogP) is 1.52. The van der Waals surface area contributed by atoms with Crippen LogP contribution in [0, 0.1) is 0 Å². The molecule has 3 N–H and O–H groups in total. The summed E-state index contributed by atoms with van der Waals surface area (Å²) in [6.45, 7) is -0.176. The number of hydrogen-bond acceptors (Lipinski definition) is 4. The van der Waals surface area contributed by atoms with Gasteiger partial charge in [-0.15, -0.1) is 0 Å². The van der Waals surface area contributed by atoms with Gasteiger partial charge in [0.1, 0.15) is 5.60 Å². The second-order valence-corrected chi connectivity index (χ2v) is 4.81. The largest absolute Gasteiger partial charge is 0.382 e. The van der Waals surface area contributed by atoms with Gasteiger partial charge >= 0.3 is 0 Å². The van der Waals surface area contributed by atoms with Crippen molar-refractivity contribution in [3.8, 4) is 0 Å². The summed E-state index contributed by atoms with van der Waals surface area (Å²) in [5.41, 5.74) is -1.19. The molecule has 1 unspecified atom stereocenters. The molecule has 1 atom stereocenters. The summed E-state index contributed by atoms with van der Waals surface area (Å²) in [5, 5.41) is 19.1. The van der Waals surface area contributed by atoms with Crippen LogP contribution in [0.1, 0.15) is 6.42 Å². The van der Waals surface area contributed by atoms with Gasteiger partial charge in [-0.25, -0.2) is 8.78 Å². The Morgan fingerprint density at radius 2 is 2.38 bits per heavy atom. The molecule has 0 aromatic carbocycles. The van der Waals surface area contributed by atoms with E-state index in [4.69, 9.17) is 0 Å². The maximum atomic E-state index is 13.5. The van der Waals surface area contributed by atoms with E-state index in [0.717, 1.165) is 5.69 Å². The Kier molecular flexibility index (Phi) is 3.14. The number of anilines is 1. The molecular weight excluding hydrogens is 234 g/mol. The number of hydrogen-bond donors (Lipinski definition) is 3. The Labute approximate surface area is 96.5 Å². The Hall–Kier alpha value is -0.720. The number of rotatable bonds is 3. The number of nitrogens with one attached hydrogen (secondary N) is 2. The maximum Gasteiger partial charge on any atom is 0.290 e. The fraction of sp³-hybridized carbons (Fsp3) is 0.600. The van der Waals surface area contributed by atoms with Gasteiger partial charge < -0.3 is 15.7 Å². The van der Waals surface area contributed by atoms with Crippen LogP contribution in [-0.4, -0.2) is 36.3 Å². The minimum Gasteiger partial charge on any atom is -0.382 e. The number of thiophene rings is 1. The predicted molar refractivity (Wildman–Crippen MR) is 60.2 cm³/mol. The average molecular weight is 248 g/mol. The molecule has 2 rings (SSSR count). The van der Waals surface area contributed by atoms with Crippen LogP contribution in [0.4, 0.5) is 14.5 Å². The normalized spacial score (nSPS) is 28.9. The Balaban J connectivity index is 2.01. The van der Waals surface area contributed by atoms with Crippen molar-refractivity contribution in [3.05, 3.63) is 16.8 Å². The first-order valence-corrected chi connectivity index (χ1v) is 6.05. The minimum absolute atomic E-state index is 0.0527. The van der Waals surface area contributed by atoms with Crippen molar-refractivity contribution in [2.45, 2.75) is 17.9 Å². The quantitative estimate of drug-likeness (QED) is 0.760. The number of alkyl halides is 2. The summed E-state index contributed by atoms with van der Waals surface area (Å²) < 4.78 is 27.1. The zero-order chi connectivity index (χ0) is 11.6. The van der Waals surface area contributed by atoms with Gasteiger partial charge in [-0.2, -0.15) is 11.3 Å². The van der Waals surface area contributed by atoms with Crippen molar-refractivity contribution in [2.24, 2.45) is 0 Å². The van der Waals surface area contributed by atoms with Gasteiger partial charge in [-0.3, -0.25) is 0 Å². The van der Waals surface area contributed by atoms with E-state index in [0.29, 0.717) is 6.54 Å². The van der Waals surface area contributed by atoms with Crippen LogP contribution < -0.4 is 10.6 Å². The molecule has 0 aliphatic carbocycles. The molecule has 2 heterocycles. The smallest absolute Gasteiger partial charge is 0.290 e. The molecule has 0 amide bonds. The fourth-order valence-corrected chi connectivity index (χ4v) is 2.33. The first-order valence-electron chi connectivity index (χ1n) is 5.10. The first-order chi connectivity index (χ1) is 7.54. The maximum absolute atomic E-state index is 13.5. The van der Waals surface area contributed by atoms with Gasteiger partial charge in [-0.1, -0.05) is 0 Å². The molecule has 90 valence electrons. The standard InChI is InChI=1S/C10H14F2N2OS/c11-10(12)7-13-3-2-9(10,15)6-14-8-1-4-16-5-8/h1,4-5,13-15H,2-3,6-7H2. The number of aliphatic hydroxyl groups is 1. The molecule has 6 heteroatoms. The van der Waals surface area contributed by atoms with Crippen molar-refractivity contribution in [3.63, 3.8) is 0 Å². The minimum atomic E-state index is -3.09. The zero-order valence-electron chi connectivity index (χ0n) is 8.67. The van der Waals surface area contributed by atoms with Gasteiger partial charge in [-0.05, 0) is 24.4 Å². The van der Waals surface area contributed by atoms with E-state index < -0.39 is 18.1 Å².